The number of carbonyl (C=O) groups excluding carboxylic acids is 1. The van der Waals surface area contributed by atoms with Gasteiger partial charge in [-0.05, 0) is 86.5 Å². The lowest BCUT2D eigenvalue weighted by Gasteiger charge is -2.33. The van der Waals surface area contributed by atoms with Crippen molar-refractivity contribution in [2.75, 3.05) is 32.8 Å². The molecule has 1 aromatic heterocycles. The van der Waals surface area contributed by atoms with Gasteiger partial charge >= 0.3 is 0 Å². The first-order chi connectivity index (χ1) is 17.7. The maximum Gasteiger partial charge on any atom is 0.255 e. The minimum Gasteiger partial charge on any atom is -0.493 e. The van der Waals surface area contributed by atoms with Gasteiger partial charge in [-0.3, -0.25) is 14.7 Å². The number of carbonyl (C=O) groups is 1. The van der Waals surface area contributed by atoms with Crippen LogP contribution in [-0.2, 0) is 13.0 Å². The molecule has 5 nitrogen and oxygen atoms in total. The van der Waals surface area contributed by atoms with Crippen LogP contribution in [0.5, 0.6) is 5.75 Å². The lowest BCUT2D eigenvalue weighted by atomic mass is 9.90. The SMILES string of the molecule is O=C(c1cccnc1)N1CCCC(COc2cccc(CN3CCC(Cc4ccccc4)CC3)c2)C1. The molecule has 1 atom stereocenters. The first-order valence-electron chi connectivity index (χ1n) is 13.4. The summed E-state index contributed by atoms with van der Waals surface area (Å²) >= 11 is 0. The molecular formula is C31H37N3O2. The normalized spacial score (nSPS) is 19.2. The first-order valence-corrected chi connectivity index (χ1v) is 13.4. The van der Waals surface area contributed by atoms with E-state index in [1.54, 1.807) is 12.4 Å². The van der Waals surface area contributed by atoms with E-state index in [1.807, 2.05) is 17.0 Å². The van der Waals surface area contributed by atoms with Gasteiger partial charge in [0.2, 0.25) is 0 Å². The third-order valence-electron chi connectivity index (χ3n) is 7.58. The van der Waals surface area contributed by atoms with Crippen LogP contribution in [0.4, 0.5) is 0 Å². The number of pyridine rings is 1. The molecule has 1 amide bonds. The number of aromatic nitrogens is 1. The van der Waals surface area contributed by atoms with Crippen molar-refractivity contribution in [2.24, 2.45) is 11.8 Å². The summed E-state index contributed by atoms with van der Waals surface area (Å²) in [5.41, 5.74) is 3.44. The topological polar surface area (TPSA) is 45.7 Å². The number of hydrogen-bond donors (Lipinski definition) is 0. The standard InChI is InChI=1S/C31H37N3O2/c35-31(29-11-5-15-32-21-29)34-16-6-10-28(23-34)24-36-30-12-4-9-27(20-30)22-33-17-13-26(14-18-33)19-25-7-2-1-3-8-25/h1-5,7-9,11-12,15,20-21,26,28H,6,10,13-14,16-19,22-24H2. The zero-order valence-corrected chi connectivity index (χ0v) is 21.1. The summed E-state index contributed by atoms with van der Waals surface area (Å²) in [5, 5.41) is 0. The largest absolute Gasteiger partial charge is 0.493 e. The van der Waals surface area contributed by atoms with Crippen LogP contribution in [0.3, 0.4) is 0 Å². The van der Waals surface area contributed by atoms with Gasteiger partial charge in [-0.1, -0.05) is 42.5 Å². The monoisotopic (exact) mass is 483 g/mol. The van der Waals surface area contributed by atoms with Gasteiger partial charge in [0.05, 0.1) is 12.2 Å². The van der Waals surface area contributed by atoms with Gasteiger partial charge in [-0.25, -0.2) is 0 Å². The van der Waals surface area contributed by atoms with Crippen LogP contribution >= 0.6 is 0 Å². The number of likely N-dealkylation sites (tertiary alicyclic amines) is 2. The molecule has 0 aliphatic carbocycles. The molecule has 2 saturated heterocycles. The second-order valence-corrected chi connectivity index (χ2v) is 10.4. The number of benzene rings is 2. The third kappa shape index (κ3) is 6.73. The van der Waals surface area contributed by atoms with Crippen LogP contribution in [0.25, 0.3) is 0 Å². The second-order valence-electron chi connectivity index (χ2n) is 10.4. The van der Waals surface area contributed by atoms with E-state index in [9.17, 15) is 4.79 Å². The van der Waals surface area contributed by atoms with E-state index in [4.69, 9.17) is 4.74 Å². The summed E-state index contributed by atoms with van der Waals surface area (Å²) in [6, 6.07) is 23.1. The van der Waals surface area contributed by atoms with Crippen molar-refractivity contribution in [1.82, 2.24) is 14.8 Å². The summed E-state index contributed by atoms with van der Waals surface area (Å²) in [6.07, 6.45) is 9.19. The summed E-state index contributed by atoms with van der Waals surface area (Å²) in [6.45, 7) is 5.49. The fraction of sp³-hybridized carbons (Fsp3) is 0.419. The number of hydrogen-bond acceptors (Lipinski definition) is 4. The Morgan fingerprint density at radius 2 is 1.72 bits per heavy atom. The van der Waals surface area contributed by atoms with Crippen LogP contribution in [0, 0.1) is 11.8 Å². The number of amides is 1. The van der Waals surface area contributed by atoms with Crippen molar-refractivity contribution >= 4 is 5.91 Å². The molecule has 36 heavy (non-hydrogen) atoms. The van der Waals surface area contributed by atoms with E-state index in [0.717, 1.165) is 57.2 Å². The summed E-state index contributed by atoms with van der Waals surface area (Å²) < 4.78 is 6.22. The zero-order chi connectivity index (χ0) is 24.6. The molecule has 0 N–H and O–H groups in total. The minimum absolute atomic E-state index is 0.0716. The van der Waals surface area contributed by atoms with Crippen molar-refractivity contribution in [3.8, 4) is 5.75 Å². The van der Waals surface area contributed by atoms with Crippen LogP contribution < -0.4 is 4.74 Å². The lowest BCUT2D eigenvalue weighted by Crippen LogP contribution is -2.41. The van der Waals surface area contributed by atoms with Crippen LogP contribution in [-0.4, -0.2) is 53.5 Å². The molecule has 1 unspecified atom stereocenters. The van der Waals surface area contributed by atoms with E-state index in [0.29, 0.717) is 18.1 Å². The van der Waals surface area contributed by atoms with Crippen molar-refractivity contribution in [3.05, 3.63) is 95.8 Å². The molecule has 2 fully saturated rings. The molecular weight excluding hydrogens is 446 g/mol. The van der Waals surface area contributed by atoms with Crippen LogP contribution in [0.15, 0.2) is 79.1 Å². The Kier molecular flexibility index (Phi) is 8.29. The molecule has 3 heterocycles. The maximum absolute atomic E-state index is 12.8. The van der Waals surface area contributed by atoms with Gasteiger partial charge in [0.15, 0.2) is 0 Å². The second kappa shape index (κ2) is 12.2. The predicted octanol–water partition coefficient (Wildman–Crippen LogP) is 5.47. The molecule has 0 radical (unpaired) electrons. The van der Waals surface area contributed by atoms with Gasteiger partial charge in [0, 0.05) is 37.9 Å². The van der Waals surface area contributed by atoms with Crippen molar-refractivity contribution in [2.45, 2.75) is 38.6 Å². The highest BCUT2D eigenvalue weighted by Gasteiger charge is 2.25. The van der Waals surface area contributed by atoms with Crippen molar-refractivity contribution < 1.29 is 9.53 Å². The minimum atomic E-state index is 0.0716. The number of rotatable bonds is 8. The smallest absolute Gasteiger partial charge is 0.255 e. The molecule has 3 aromatic rings. The van der Waals surface area contributed by atoms with E-state index < -0.39 is 0 Å². The molecule has 5 heteroatoms. The third-order valence-corrected chi connectivity index (χ3v) is 7.58. The first kappa shape index (κ1) is 24.5. The van der Waals surface area contributed by atoms with Gasteiger partial charge in [0.25, 0.3) is 5.91 Å². The number of piperidine rings is 2. The Morgan fingerprint density at radius 3 is 2.53 bits per heavy atom. The molecule has 2 aromatic carbocycles. The fourth-order valence-electron chi connectivity index (χ4n) is 5.56. The molecule has 188 valence electrons. The average molecular weight is 484 g/mol. The highest BCUT2D eigenvalue weighted by Crippen LogP contribution is 2.25. The maximum atomic E-state index is 12.8. The quantitative estimate of drug-likeness (QED) is 0.426. The molecule has 0 bridgehead atoms. The average Bonchev–Trinajstić information content (AvgIpc) is 2.94. The van der Waals surface area contributed by atoms with E-state index in [1.165, 1.54) is 30.4 Å². The van der Waals surface area contributed by atoms with Crippen molar-refractivity contribution in [3.63, 3.8) is 0 Å². The number of ether oxygens (including phenoxy) is 1. The lowest BCUT2D eigenvalue weighted by molar-refractivity contribution is 0.0633. The number of nitrogens with zero attached hydrogens (tertiary/aromatic N) is 3. The highest BCUT2D eigenvalue weighted by atomic mass is 16.5. The molecule has 0 spiro atoms. The van der Waals surface area contributed by atoms with Gasteiger partial charge in [-0.15, -0.1) is 0 Å². The zero-order valence-electron chi connectivity index (χ0n) is 21.1. The van der Waals surface area contributed by atoms with Crippen LogP contribution in [0.2, 0.25) is 0 Å². The molecule has 2 aliphatic rings. The molecule has 0 saturated carbocycles. The Labute approximate surface area is 215 Å². The van der Waals surface area contributed by atoms with Gasteiger partial charge in [-0.2, -0.15) is 0 Å². The fourth-order valence-corrected chi connectivity index (χ4v) is 5.56. The summed E-state index contributed by atoms with van der Waals surface area (Å²) in [5.74, 6) is 2.15. The Balaban J connectivity index is 1.08. The summed E-state index contributed by atoms with van der Waals surface area (Å²) in [7, 11) is 0. The predicted molar refractivity (Wildman–Crippen MR) is 143 cm³/mol. The van der Waals surface area contributed by atoms with E-state index in [2.05, 4.69) is 64.5 Å². The van der Waals surface area contributed by atoms with Crippen LogP contribution in [0.1, 0.15) is 47.2 Å². The molecule has 5 rings (SSSR count). The Bertz CT molecular complexity index is 1100. The Hall–Kier alpha value is -3.18. The highest BCUT2D eigenvalue weighted by molar-refractivity contribution is 5.93. The Morgan fingerprint density at radius 1 is 0.889 bits per heavy atom. The molecule has 2 aliphatic heterocycles. The van der Waals surface area contributed by atoms with E-state index in [-0.39, 0.29) is 5.91 Å². The van der Waals surface area contributed by atoms with E-state index >= 15 is 0 Å². The summed E-state index contributed by atoms with van der Waals surface area (Å²) in [4.78, 5) is 21.4. The van der Waals surface area contributed by atoms with Gasteiger partial charge < -0.3 is 9.64 Å². The van der Waals surface area contributed by atoms with Gasteiger partial charge in [0.1, 0.15) is 5.75 Å². The van der Waals surface area contributed by atoms with Crippen molar-refractivity contribution in [1.29, 1.82) is 0 Å².